The van der Waals surface area contributed by atoms with Crippen molar-refractivity contribution in [3.63, 3.8) is 0 Å². The predicted molar refractivity (Wildman–Crippen MR) is 76.7 cm³/mol. The minimum absolute atomic E-state index is 0.0535. The first-order chi connectivity index (χ1) is 10.7. The monoisotopic (exact) mass is 347 g/mol. The largest absolute Gasteiger partial charge is 0.416 e. The van der Waals surface area contributed by atoms with E-state index in [1.54, 1.807) is 0 Å². The molecule has 0 amide bonds. The van der Waals surface area contributed by atoms with E-state index in [0.717, 1.165) is 24.3 Å². The number of sulfonamides is 1. The molecule has 2 aromatic rings. The van der Waals surface area contributed by atoms with Gasteiger partial charge >= 0.3 is 6.18 Å². The molecule has 0 heterocycles. The lowest BCUT2D eigenvalue weighted by molar-refractivity contribution is -0.137. The van der Waals surface area contributed by atoms with E-state index in [9.17, 15) is 26.0 Å². The Labute approximate surface area is 131 Å². The Morgan fingerprint density at radius 3 is 2.13 bits per heavy atom. The van der Waals surface area contributed by atoms with E-state index in [1.807, 2.05) is 0 Å². The average Bonchev–Trinajstić information content (AvgIpc) is 2.47. The Kier molecular flexibility index (Phi) is 5.06. The lowest BCUT2D eigenvalue weighted by Gasteiger charge is -2.09. The lowest BCUT2D eigenvalue weighted by atomic mass is 10.1. The first kappa shape index (κ1) is 17.4. The van der Waals surface area contributed by atoms with Gasteiger partial charge in [0.25, 0.3) is 0 Å². The summed E-state index contributed by atoms with van der Waals surface area (Å²) in [5, 5.41) is 0. The zero-order valence-corrected chi connectivity index (χ0v) is 12.6. The normalized spacial score (nSPS) is 12.3. The molecule has 0 aliphatic carbocycles. The van der Waals surface area contributed by atoms with E-state index < -0.39 is 32.5 Å². The molecule has 0 atom stereocenters. The molecule has 8 heteroatoms. The maximum atomic E-state index is 13.5. The van der Waals surface area contributed by atoms with Crippen LogP contribution in [-0.4, -0.2) is 15.0 Å². The quantitative estimate of drug-likeness (QED) is 0.843. The van der Waals surface area contributed by atoms with E-state index >= 15 is 0 Å². The van der Waals surface area contributed by atoms with Crippen molar-refractivity contribution in [3.05, 3.63) is 65.5 Å². The second-order valence-corrected chi connectivity index (χ2v) is 6.51. The van der Waals surface area contributed by atoms with Crippen LogP contribution in [0.1, 0.15) is 11.1 Å². The molecule has 124 valence electrons. The van der Waals surface area contributed by atoms with Crippen molar-refractivity contribution < 1.29 is 26.0 Å². The molecule has 23 heavy (non-hydrogen) atoms. The second kappa shape index (κ2) is 6.67. The molecule has 2 rings (SSSR count). The number of hydrogen-bond donors (Lipinski definition) is 1. The van der Waals surface area contributed by atoms with Crippen LogP contribution in [0.25, 0.3) is 0 Å². The maximum absolute atomic E-state index is 13.5. The van der Waals surface area contributed by atoms with Gasteiger partial charge in [0.1, 0.15) is 10.7 Å². The molecule has 0 aliphatic rings. The van der Waals surface area contributed by atoms with Crippen molar-refractivity contribution in [2.45, 2.75) is 17.5 Å². The zero-order chi connectivity index (χ0) is 17.1. The molecule has 0 saturated heterocycles. The fraction of sp³-hybridized carbons (Fsp3) is 0.200. The smallest absolute Gasteiger partial charge is 0.211 e. The molecular formula is C15H13F4NO2S. The summed E-state index contributed by atoms with van der Waals surface area (Å²) in [6.45, 7) is -0.0535. The van der Waals surface area contributed by atoms with Crippen LogP contribution in [-0.2, 0) is 22.6 Å². The van der Waals surface area contributed by atoms with E-state index in [2.05, 4.69) is 4.72 Å². The Hall–Kier alpha value is -1.93. The van der Waals surface area contributed by atoms with Gasteiger partial charge in [-0.05, 0) is 36.2 Å². The molecule has 3 nitrogen and oxygen atoms in total. The molecule has 0 saturated carbocycles. The van der Waals surface area contributed by atoms with Crippen molar-refractivity contribution in [1.29, 1.82) is 0 Å². The fourth-order valence-corrected chi connectivity index (χ4v) is 3.04. The number of benzene rings is 2. The van der Waals surface area contributed by atoms with E-state index in [0.29, 0.717) is 5.56 Å². The van der Waals surface area contributed by atoms with Crippen LogP contribution in [0.3, 0.4) is 0 Å². The molecule has 1 N–H and O–H groups in total. The topological polar surface area (TPSA) is 46.2 Å². The lowest BCUT2D eigenvalue weighted by Crippen LogP contribution is -2.26. The van der Waals surface area contributed by atoms with Crippen LogP contribution in [0.4, 0.5) is 17.6 Å². The fourth-order valence-electron chi connectivity index (χ4n) is 1.93. The molecule has 0 spiro atoms. The number of rotatable bonds is 5. The Balaban J connectivity index is 1.98. The summed E-state index contributed by atoms with van der Waals surface area (Å²) >= 11 is 0. The van der Waals surface area contributed by atoms with Crippen LogP contribution in [0, 0.1) is 5.82 Å². The van der Waals surface area contributed by atoms with Gasteiger partial charge < -0.3 is 0 Å². The molecule has 0 aromatic heterocycles. The summed E-state index contributed by atoms with van der Waals surface area (Å²) in [6.07, 6.45) is -4.23. The third-order valence-electron chi connectivity index (χ3n) is 3.11. The van der Waals surface area contributed by atoms with Crippen molar-refractivity contribution >= 4 is 10.0 Å². The van der Waals surface area contributed by atoms with Gasteiger partial charge in [0.15, 0.2) is 0 Å². The highest BCUT2D eigenvalue weighted by molar-refractivity contribution is 7.89. The Morgan fingerprint density at radius 2 is 1.57 bits per heavy atom. The van der Waals surface area contributed by atoms with Gasteiger partial charge in [-0.3, -0.25) is 0 Å². The summed E-state index contributed by atoms with van der Waals surface area (Å²) in [4.78, 5) is -0.465. The molecule has 0 aliphatic heterocycles. The highest BCUT2D eigenvalue weighted by Gasteiger charge is 2.29. The Morgan fingerprint density at radius 1 is 0.957 bits per heavy atom. The second-order valence-electron chi connectivity index (χ2n) is 4.77. The molecule has 0 unspecified atom stereocenters. The predicted octanol–water partition coefficient (Wildman–Crippen LogP) is 3.37. The summed E-state index contributed by atoms with van der Waals surface area (Å²) in [5.41, 5.74) is -0.234. The van der Waals surface area contributed by atoms with Crippen LogP contribution in [0.2, 0.25) is 0 Å². The average molecular weight is 347 g/mol. The summed E-state index contributed by atoms with van der Waals surface area (Å²) < 4.78 is 76.8. The van der Waals surface area contributed by atoms with Gasteiger partial charge in [0, 0.05) is 6.54 Å². The number of nitrogens with one attached hydrogen (secondary N) is 1. The highest BCUT2D eigenvalue weighted by atomic mass is 32.2. The molecule has 0 bridgehead atoms. The van der Waals surface area contributed by atoms with Gasteiger partial charge in [0.2, 0.25) is 10.0 Å². The number of halogens is 4. The van der Waals surface area contributed by atoms with Crippen LogP contribution < -0.4 is 4.72 Å². The van der Waals surface area contributed by atoms with Crippen molar-refractivity contribution in [3.8, 4) is 0 Å². The van der Waals surface area contributed by atoms with Gasteiger partial charge in [-0.1, -0.05) is 24.3 Å². The van der Waals surface area contributed by atoms with E-state index in [-0.39, 0.29) is 13.0 Å². The van der Waals surface area contributed by atoms with Crippen LogP contribution in [0.5, 0.6) is 0 Å². The first-order valence-electron chi connectivity index (χ1n) is 6.60. The zero-order valence-electron chi connectivity index (χ0n) is 11.8. The maximum Gasteiger partial charge on any atom is 0.416 e. The van der Waals surface area contributed by atoms with Crippen molar-refractivity contribution in [2.24, 2.45) is 0 Å². The van der Waals surface area contributed by atoms with Gasteiger partial charge in [0.05, 0.1) is 5.56 Å². The minimum atomic E-state index is -4.41. The molecule has 2 aromatic carbocycles. The number of hydrogen-bond acceptors (Lipinski definition) is 2. The summed E-state index contributed by atoms with van der Waals surface area (Å²) in [5.74, 6) is -0.866. The van der Waals surface area contributed by atoms with Gasteiger partial charge in [-0.25, -0.2) is 17.5 Å². The summed E-state index contributed by atoms with van der Waals surface area (Å²) in [6, 6.07) is 9.35. The van der Waals surface area contributed by atoms with E-state index in [1.165, 1.54) is 24.3 Å². The molecular weight excluding hydrogens is 334 g/mol. The van der Waals surface area contributed by atoms with Crippen LogP contribution in [0.15, 0.2) is 53.4 Å². The van der Waals surface area contributed by atoms with Crippen molar-refractivity contribution in [2.75, 3.05) is 6.54 Å². The van der Waals surface area contributed by atoms with Gasteiger partial charge in [-0.2, -0.15) is 13.2 Å². The van der Waals surface area contributed by atoms with Crippen molar-refractivity contribution in [1.82, 2.24) is 4.72 Å². The highest BCUT2D eigenvalue weighted by Crippen LogP contribution is 2.29. The first-order valence-corrected chi connectivity index (χ1v) is 8.09. The third-order valence-corrected chi connectivity index (χ3v) is 4.61. The standard InChI is InChI=1S/C15H13F4NO2S/c16-13-3-1-2-4-14(13)23(21,22)20-10-9-11-5-7-12(8-6-11)15(17,18)19/h1-8,20H,9-10H2. The van der Waals surface area contributed by atoms with E-state index in [4.69, 9.17) is 0 Å². The molecule has 0 fully saturated rings. The SMILES string of the molecule is O=S(=O)(NCCc1ccc(C(F)(F)F)cc1)c1ccccc1F. The molecule has 0 radical (unpaired) electrons. The third kappa shape index (κ3) is 4.52. The van der Waals surface area contributed by atoms with Gasteiger partial charge in [-0.15, -0.1) is 0 Å². The minimum Gasteiger partial charge on any atom is -0.211 e. The summed E-state index contributed by atoms with van der Waals surface area (Å²) in [7, 11) is -4.00. The Bertz CT molecular complexity index is 771. The number of alkyl halides is 3. The van der Waals surface area contributed by atoms with Crippen LogP contribution >= 0.6 is 0 Å².